The van der Waals surface area contributed by atoms with Crippen molar-refractivity contribution in [1.82, 2.24) is 15.1 Å². The molecular weight excluding hydrogens is 324 g/mol. The Balaban J connectivity index is 1.61. The van der Waals surface area contributed by atoms with Gasteiger partial charge in [0.05, 0.1) is 6.20 Å². The van der Waals surface area contributed by atoms with Gasteiger partial charge in [-0.3, -0.25) is 0 Å². The maximum absolute atomic E-state index is 13.3. The Kier molecular flexibility index (Phi) is 3.62. The van der Waals surface area contributed by atoms with Gasteiger partial charge in [-0.25, -0.2) is 13.8 Å². The fourth-order valence-electron chi connectivity index (χ4n) is 2.38. The second-order valence-electron chi connectivity index (χ2n) is 5.12. The van der Waals surface area contributed by atoms with Crippen LogP contribution in [-0.4, -0.2) is 21.7 Å². The van der Waals surface area contributed by atoms with Crippen LogP contribution >= 0.6 is 11.3 Å². The molecule has 5 nitrogen and oxygen atoms in total. The van der Waals surface area contributed by atoms with E-state index in [2.05, 4.69) is 15.1 Å². The van der Waals surface area contributed by atoms with Gasteiger partial charge in [0.25, 0.3) is 5.89 Å². The second-order valence-corrected chi connectivity index (χ2v) is 6.18. The number of hydrogen-bond donors (Lipinski definition) is 0. The van der Waals surface area contributed by atoms with Crippen molar-refractivity contribution in [2.45, 2.75) is 18.9 Å². The predicted molar refractivity (Wildman–Crippen MR) is 78.7 cm³/mol. The molecule has 0 amide bonds. The fourth-order valence-corrected chi connectivity index (χ4v) is 3.31. The Morgan fingerprint density at radius 2 is 2.13 bits per heavy atom. The zero-order valence-electron chi connectivity index (χ0n) is 11.8. The third-order valence-electron chi connectivity index (χ3n) is 3.54. The Morgan fingerprint density at radius 1 is 1.22 bits per heavy atom. The molecule has 1 aliphatic rings. The zero-order chi connectivity index (χ0) is 15.8. The first-order valence-electron chi connectivity index (χ1n) is 7.07. The number of nitrogens with zero attached hydrogens (tertiary/aromatic N) is 3. The molecule has 1 unspecified atom stereocenters. The van der Waals surface area contributed by atoms with Gasteiger partial charge in [0.2, 0.25) is 5.82 Å². The van der Waals surface area contributed by atoms with Crippen LogP contribution in [0.15, 0.2) is 28.9 Å². The lowest BCUT2D eigenvalue weighted by atomic mass is 10.2. The van der Waals surface area contributed by atoms with Crippen LogP contribution < -0.4 is 0 Å². The number of aromatic nitrogens is 3. The van der Waals surface area contributed by atoms with E-state index in [1.165, 1.54) is 17.4 Å². The monoisotopic (exact) mass is 335 g/mol. The van der Waals surface area contributed by atoms with E-state index >= 15 is 0 Å². The van der Waals surface area contributed by atoms with E-state index in [9.17, 15) is 8.78 Å². The van der Waals surface area contributed by atoms with Crippen LogP contribution in [-0.2, 0) is 4.74 Å². The standard InChI is InChI=1S/C15H11F2N3O2S/c16-9-4-3-8(6-10(9)17)13-19-14(22-20-13)12-7-18-15(23-12)11-2-1-5-21-11/h3-4,6-7,11H,1-2,5H2. The molecule has 1 saturated heterocycles. The lowest BCUT2D eigenvalue weighted by Gasteiger charge is -2.02. The van der Waals surface area contributed by atoms with Crippen molar-refractivity contribution in [1.29, 1.82) is 0 Å². The van der Waals surface area contributed by atoms with Gasteiger partial charge in [-0.05, 0) is 31.0 Å². The van der Waals surface area contributed by atoms with E-state index in [1.807, 2.05) is 0 Å². The van der Waals surface area contributed by atoms with E-state index in [4.69, 9.17) is 9.26 Å². The number of rotatable bonds is 3. The van der Waals surface area contributed by atoms with Crippen LogP contribution in [0.2, 0.25) is 0 Å². The molecule has 23 heavy (non-hydrogen) atoms. The van der Waals surface area contributed by atoms with Gasteiger partial charge in [-0.1, -0.05) is 5.16 Å². The molecule has 0 N–H and O–H groups in total. The van der Waals surface area contributed by atoms with Crippen molar-refractivity contribution in [2.24, 2.45) is 0 Å². The molecule has 1 aliphatic heterocycles. The molecule has 0 spiro atoms. The Morgan fingerprint density at radius 3 is 2.91 bits per heavy atom. The van der Waals surface area contributed by atoms with Crippen molar-refractivity contribution < 1.29 is 18.0 Å². The third kappa shape index (κ3) is 2.75. The smallest absolute Gasteiger partial charge is 0.269 e. The summed E-state index contributed by atoms with van der Waals surface area (Å²) >= 11 is 1.43. The summed E-state index contributed by atoms with van der Waals surface area (Å²) in [5.41, 5.74) is 0.350. The summed E-state index contributed by atoms with van der Waals surface area (Å²) in [5.74, 6) is -1.37. The van der Waals surface area contributed by atoms with Gasteiger partial charge in [-0.2, -0.15) is 4.98 Å². The van der Waals surface area contributed by atoms with Gasteiger partial charge in [0, 0.05) is 12.2 Å². The van der Waals surface area contributed by atoms with Crippen molar-refractivity contribution in [3.8, 4) is 22.2 Å². The summed E-state index contributed by atoms with van der Waals surface area (Å²) in [4.78, 5) is 9.28. The van der Waals surface area contributed by atoms with Crippen LogP contribution in [0.5, 0.6) is 0 Å². The molecule has 3 heterocycles. The molecule has 1 aromatic carbocycles. The van der Waals surface area contributed by atoms with Gasteiger partial charge < -0.3 is 9.26 Å². The summed E-state index contributed by atoms with van der Waals surface area (Å²) in [6.45, 7) is 0.750. The van der Waals surface area contributed by atoms with Crippen LogP contribution in [0.1, 0.15) is 24.0 Å². The Hall–Kier alpha value is -2.19. The normalized spacial score (nSPS) is 17.7. The average molecular weight is 335 g/mol. The molecule has 2 aromatic heterocycles. The molecule has 1 atom stereocenters. The summed E-state index contributed by atoms with van der Waals surface area (Å²) in [6, 6.07) is 3.47. The lowest BCUT2D eigenvalue weighted by Crippen LogP contribution is -1.93. The highest BCUT2D eigenvalue weighted by atomic mass is 32.1. The minimum atomic E-state index is -0.952. The van der Waals surface area contributed by atoms with Crippen LogP contribution in [0.25, 0.3) is 22.2 Å². The fraction of sp³-hybridized carbons (Fsp3) is 0.267. The molecule has 3 aromatic rings. The van der Waals surface area contributed by atoms with Gasteiger partial charge in [-0.15, -0.1) is 11.3 Å². The van der Waals surface area contributed by atoms with E-state index in [1.54, 1.807) is 6.20 Å². The SMILES string of the molecule is Fc1ccc(-c2noc(-c3cnc(C4CCCO4)s3)n2)cc1F. The number of benzene rings is 1. The van der Waals surface area contributed by atoms with E-state index < -0.39 is 11.6 Å². The number of hydrogen-bond acceptors (Lipinski definition) is 6. The highest BCUT2D eigenvalue weighted by molar-refractivity contribution is 7.15. The molecule has 1 fully saturated rings. The third-order valence-corrected chi connectivity index (χ3v) is 4.62. The first-order chi connectivity index (χ1) is 11.2. The first kappa shape index (κ1) is 14.4. The first-order valence-corrected chi connectivity index (χ1v) is 7.89. The summed E-state index contributed by atoms with van der Waals surface area (Å²) in [5, 5.41) is 4.69. The minimum absolute atomic E-state index is 0.0299. The molecule has 4 rings (SSSR count). The molecule has 118 valence electrons. The minimum Gasteiger partial charge on any atom is -0.371 e. The molecule has 0 radical (unpaired) electrons. The topological polar surface area (TPSA) is 61.0 Å². The van der Waals surface area contributed by atoms with Crippen molar-refractivity contribution in [3.63, 3.8) is 0 Å². The maximum Gasteiger partial charge on any atom is 0.269 e. The van der Waals surface area contributed by atoms with Crippen molar-refractivity contribution in [2.75, 3.05) is 6.61 Å². The lowest BCUT2D eigenvalue weighted by molar-refractivity contribution is 0.111. The Labute approximate surface area is 133 Å². The molecular formula is C15H11F2N3O2S. The largest absolute Gasteiger partial charge is 0.371 e. The quantitative estimate of drug-likeness (QED) is 0.724. The average Bonchev–Trinajstić information content (AvgIpc) is 3.30. The number of halogens is 2. The molecule has 0 aliphatic carbocycles. The molecule has 0 bridgehead atoms. The highest BCUT2D eigenvalue weighted by Crippen LogP contribution is 2.35. The van der Waals surface area contributed by atoms with E-state index in [0.29, 0.717) is 11.5 Å². The van der Waals surface area contributed by atoms with Crippen LogP contribution in [0.3, 0.4) is 0 Å². The van der Waals surface area contributed by atoms with Crippen LogP contribution in [0, 0.1) is 11.6 Å². The summed E-state index contributed by atoms with van der Waals surface area (Å²) < 4.78 is 37.1. The zero-order valence-corrected chi connectivity index (χ0v) is 12.6. The number of thiazole rings is 1. The number of ether oxygens (including phenoxy) is 1. The van der Waals surface area contributed by atoms with Gasteiger partial charge >= 0.3 is 0 Å². The van der Waals surface area contributed by atoms with Gasteiger partial charge in [0.1, 0.15) is 16.0 Å². The van der Waals surface area contributed by atoms with E-state index in [0.717, 1.165) is 41.5 Å². The predicted octanol–water partition coefficient (Wildman–Crippen LogP) is 3.99. The summed E-state index contributed by atoms with van der Waals surface area (Å²) in [6.07, 6.45) is 3.67. The maximum atomic E-state index is 13.3. The molecule has 0 saturated carbocycles. The van der Waals surface area contributed by atoms with Gasteiger partial charge in [0.15, 0.2) is 11.6 Å². The van der Waals surface area contributed by atoms with E-state index in [-0.39, 0.29) is 11.9 Å². The highest BCUT2D eigenvalue weighted by Gasteiger charge is 2.22. The second kappa shape index (κ2) is 5.78. The summed E-state index contributed by atoms with van der Waals surface area (Å²) in [7, 11) is 0. The van der Waals surface area contributed by atoms with Crippen molar-refractivity contribution >= 4 is 11.3 Å². The Bertz CT molecular complexity index is 843. The van der Waals surface area contributed by atoms with Crippen LogP contribution in [0.4, 0.5) is 8.78 Å². The molecule has 8 heteroatoms. The van der Waals surface area contributed by atoms with Crippen molar-refractivity contribution in [3.05, 3.63) is 41.0 Å².